The zero-order chi connectivity index (χ0) is 13.5. The Labute approximate surface area is 107 Å². The molecular formula is C14H31N3. The van der Waals surface area contributed by atoms with Crippen LogP contribution in [0.5, 0.6) is 0 Å². The van der Waals surface area contributed by atoms with Crippen molar-refractivity contribution in [3.05, 3.63) is 0 Å². The molecule has 0 fully saturated rings. The highest BCUT2D eigenvalue weighted by molar-refractivity contribution is 5.82. The molecule has 0 unspecified atom stereocenters. The van der Waals surface area contributed by atoms with E-state index in [-0.39, 0.29) is 5.41 Å². The molecule has 0 aromatic rings. The summed E-state index contributed by atoms with van der Waals surface area (Å²) in [5.41, 5.74) is 5.45. The lowest BCUT2D eigenvalue weighted by Crippen LogP contribution is -2.37. The van der Waals surface area contributed by atoms with Crippen LogP contribution >= 0.6 is 0 Å². The van der Waals surface area contributed by atoms with Crippen LogP contribution in [0.1, 0.15) is 53.9 Å². The van der Waals surface area contributed by atoms with Crippen LogP contribution < -0.4 is 5.73 Å². The Morgan fingerprint density at radius 3 is 2.12 bits per heavy atom. The molecule has 0 amide bonds. The fourth-order valence-electron chi connectivity index (χ4n) is 1.86. The van der Waals surface area contributed by atoms with E-state index >= 15 is 0 Å². The lowest BCUT2D eigenvalue weighted by Gasteiger charge is -2.30. The van der Waals surface area contributed by atoms with Gasteiger partial charge < -0.3 is 10.6 Å². The molecule has 0 spiro atoms. The summed E-state index contributed by atoms with van der Waals surface area (Å²) in [6.45, 7) is 14.2. The lowest BCUT2D eigenvalue weighted by atomic mass is 9.87. The summed E-state index contributed by atoms with van der Waals surface area (Å²) >= 11 is 0. The number of nitrogens with two attached hydrogens (primary N) is 1. The Kier molecular flexibility index (Phi) is 7.44. The lowest BCUT2D eigenvalue weighted by molar-refractivity contribution is 0.213. The molecule has 0 heterocycles. The first-order valence-electron chi connectivity index (χ1n) is 6.94. The van der Waals surface area contributed by atoms with E-state index in [0.717, 1.165) is 25.4 Å². The van der Waals surface area contributed by atoms with Crippen molar-refractivity contribution in [3.63, 3.8) is 0 Å². The molecule has 0 saturated carbocycles. The normalized spacial score (nSPS) is 12.4. The Balaban J connectivity index is 4.18. The van der Waals surface area contributed by atoms with Gasteiger partial charge in [-0.25, -0.2) is 0 Å². The minimum absolute atomic E-state index is 0.165. The highest BCUT2D eigenvalue weighted by Gasteiger charge is 2.22. The molecule has 3 N–H and O–H groups in total. The molecule has 0 aromatic carbocycles. The third kappa shape index (κ3) is 6.06. The molecular weight excluding hydrogens is 210 g/mol. The van der Waals surface area contributed by atoms with Gasteiger partial charge >= 0.3 is 0 Å². The van der Waals surface area contributed by atoms with E-state index in [1.54, 1.807) is 0 Å². The van der Waals surface area contributed by atoms with Crippen molar-refractivity contribution in [2.24, 2.45) is 17.1 Å². The highest BCUT2D eigenvalue weighted by Crippen LogP contribution is 2.20. The van der Waals surface area contributed by atoms with E-state index in [1.165, 1.54) is 19.4 Å². The van der Waals surface area contributed by atoms with E-state index in [0.29, 0.717) is 5.84 Å². The first kappa shape index (κ1) is 16.4. The third-order valence-corrected chi connectivity index (χ3v) is 3.90. The van der Waals surface area contributed by atoms with Crippen LogP contribution in [-0.2, 0) is 0 Å². The highest BCUT2D eigenvalue weighted by atomic mass is 15.1. The van der Waals surface area contributed by atoms with Gasteiger partial charge in [0.25, 0.3) is 0 Å². The molecule has 17 heavy (non-hydrogen) atoms. The first-order chi connectivity index (χ1) is 7.87. The second kappa shape index (κ2) is 7.70. The van der Waals surface area contributed by atoms with Gasteiger partial charge in [0.2, 0.25) is 0 Å². The smallest absolute Gasteiger partial charge is 0.0963 e. The Morgan fingerprint density at radius 1 is 1.24 bits per heavy atom. The average molecular weight is 241 g/mol. The molecule has 0 aliphatic heterocycles. The fraction of sp³-hybridized carbons (Fsp3) is 0.929. The molecule has 3 heteroatoms. The molecule has 0 aliphatic rings. The van der Waals surface area contributed by atoms with Crippen LogP contribution in [0.25, 0.3) is 0 Å². The number of hydrogen-bond acceptors (Lipinski definition) is 2. The van der Waals surface area contributed by atoms with E-state index in [4.69, 9.17) is 11.1 Å². The maximum Gasteiger partial charge on any atom is 0.0963 e. The Bertz CT molecular complexity index is 220. The molecule has 0 aliphatic carbocycles. The van der Waals surface area contributed by atoms with Gasteiger partial charge in [-0.3, -0.25) is 5.41 Å². The molecule has 3 nitrogen and oxygen atoms in total. The summed E-state index contributed by atoms with van der Waals surface area (Å²) < 4.78 is 0. The molecule has 0 bridgehead atoms. The topological polar surface area (TPSA) is 53.1 Å². The van der Waals surface area contributed by atoms with E-state index in [2.05, 4.69) is 39.5 Å². The molecule has 0 radical (unpaired) electrons. The molecule has 0 saturated heterocycles. The first-order valence-corrected chi connectivity index (χ1v) is 6.94. The SMILES string of the molecule is CCC(CC)CN(CC)CCC(C)(C)C(=N)N. The minimum Gasteiger partial charge on any atom is -0.387 e. The summed E-state index contributed by atoms with van der Waals surface area (Å²) in [5, 5.41) is 7.57. The number of amidine groups is 1. The van der Waals surface area contributed by atoms with Gasteiger partial charge in [-0.05, 0) is 25.4 Å². The van der Waals surface area contributed by atoms with Crippen molar-refractivity contribution in [3.8, 4) is 0 Å². The van der Waals surface area contributed by atoms with E-state index in [1.807, 2.05) is 0 Å². The molecule has 0 aromatic heterocycles. The van der Waals surface area contributed by atoms with Gasteiger partial charge in [0.15, 0.2) is 0 Å². The van der Waals surface area contributed by atoms with Crippen LogP contribution in [0.15, 0.2) is 0 Å². The van der Waals surface area contributed by atoms with Crippen molar-refractivity contribution in [2.45, 2.75) is 53.9 Å². The van der Waals surface area contributed by atoms with Crippen molar-refractivity contribution in [1.82, 2.24) is 4.90 Å². The monoisotopic (exact) mass is 241 g/mol. The zero-order valence-electron chi connectivity index (χ0n) is 12.3. The van der Waals surface area contributed by atoms with E-state index < -0.39 is 0 Å². The number of nitrogens with zero attached hydrogens (tertiary/aromatic N) is 1. The molecule has 102 valence electrons. The summed E-state index contributed by atoms with van der Waals surface area (Å²) in [5.74, 6) is 1.10. The second-order valence-corrected chi connectivity index (χ2v) is 5.62. The van der Waals surface area contributed by atoms with Crippen LogP contribution in [0.2, 0.25) is 0 Å². The number of rotatable bonds is 9. The second-order valence-electron chi connectivity index (χ2n) is 5.62. The van der Waals surface area contributed by atoms with E-state index in [9.17, 15) is 0 Å². The Morgan fingerprint density at radius 2 is 1.76 bits per heavy atom. The average Bonchev–Trinajstić information content (AvgIpc) is 2.29. The predicted molar refractivity (Wildman–Crippen MR) is 76.5 cm³/mol. The minimum atomic E-state index is -0.165. The Hall–Kier alpha value is -0.570. The summed E-state index contributed by atoms with van der Waals surface area (Å²) in [4.78, 5) is 2.49. The maximum absolute atomic E-state index is 7.57. The quantitative estimate of drug-likeness (QED) is 0.481. The van der Waals surface area contributed by atoms with Crippen LogP contribution in [0.3, 0.4) is 0 Å². The maximum atomic E-state index is 7.57. The van der Waals surface area contributed by atoms with Gasteiger partial charge in [0.05, 0.1) is 5.84 Å². The van der Waals surface area contributed by atoms with Crippen LogP contribution in [0.4, 0.5) is 0 Å². The van der Waals surface area contributed by atoms with Crippen molar-refractivity contribution in [1.29, 1.82) is 5.41 Å². The van der Waals surface area contributed by atoms with Gasteiger partial charge in [-0.2, -0.15) is 0 Å². The van der Waals surface area contributed by atoms with Crippen LogP contribution in [0, 0.1) is 16.7 Å². The van der Waals surface area contributed by atoms with Gasteiger partial charge in [0, 0.05) is 12.0 Å². The van der Waals surface area contributed by atoms with Crippen molar-refractivity contribution in [2.75, 3.05) is 19.6 Å². The molecule has 0 atom stereocenters. The van der Waals surface area contributed by atoms with Gasteiger partial charge in [-0.1, -0.05) is 47.5 Å². The third-order valence-electron chi connectivity index (χ3n) is 3.90. The summed E-state index contributed by atoms with van der Waals surface area (Å²) in [6.07, 6.45) is 3.47. The van der Waals surface area contributed by atoms with Crippen molar-refractivity contribution >= 4 is 5.84 Å². The van der Waals surface area contributed by atoms with Gasteiger partial charge in [-0.15, -0.1) is 0 Å². The largest absolute Gasteiger partial charge is 0.387 e. The zero-order valence-corrected chi connectivity index (χ0v) is 12.3. The summed E-state index contributed by atoms with van der Waals surface area (Å²) in [6, 6.07) is 0. The standard InChI is InChI=1S/C14H31N3/c1-6-12(7-2)11-17(8-3)10-9-14(4,5)13(15)16/h12H,6-11H2,1-5H3,(H3,15,16). The fourth-order valence-corrected chi connectivity index (χ4v) is 1.86. The van der Waals surface area contributed by atoms with Gasteiger partial charge in [0.1, 0.15) is 0 Å². The number of nitrogens with one attached hydrogen (secondary N) is 1. The molecule has 0 rings (SSSR count). The van der Waals surface area contributed by atoms with Crippen molar-refractivity contribution < 1.29 is 0 Å². The summed E-state index contributed by atoms with van der Waals surface area (Å²) in [7, 11) is 0. The van der Waals surface area contributed by atoms with Crippen LogP contribution in [-0.4, -0.2) is 30.4 Å². The number of hydrogen-bond donors (Lipinski definition) is 2. The predicted octanol–water partition coefficient (Wildman–Crippen LogP) is 3.10.